The van der Waals surface area contributed by atoms with E-state index in [1.807, 2.05) is 19.9 Å². The van der Waals surface area contributed by atoms with Gasteiger partial charge in [0.2, 0.25) is 0 Å². The van der Waals surface area contributed by atoms with Crippen molar-refractivity contribution in [1.82, 2.24) is 20.4 Å². The molecule has 2 N–H and O–H groups in total. The van der Waals surface area contributed by atoms with Crippen molar-refractivity contribution in [2.24, 2.45) is 0 Å². The fourth-order valence-corrected chi connectivity index (χ4v) is 3.95. The maximum Gasteiger partial charge on any atom is 0.349 e. The minimum Gasteiger partial charge on any atom is -0.427 e. The molecule has 0 aliphatic carbocycles. The van der Waals surface area contributed by atoms with Gasteiger partial charge in [-0.1, -0.05) is 0 Å². The summed E-state index contributed by atoms with van der Waals surface area (Å²) in [4.78, 5) is 27.3. The molecule has 0 bridgehead atoms. The number of halogens is 2. The molecule has 1 saturated heterocycles. The summed E-state index contributed by atoms with van der Waals surface area (Å²) in [6, 6.07) is 1.87. The van der Waals surface area contributed by atoms with Crippen LogP contribution in [0.2, 0.25) is 0 Å². The van der Waals surface area contributed by atoms with Crippen LogP contribution in [0, 0.1) is 13.8 Å². The second-order valence-electron chi connectivity index (χ2n) is 7.29. The first kappa shape index (κ1) is 22.5. The molecule has 4 heterocycles. The molecular weight excluding hydrogens is 403 g/mol. The van der Waals surface area contributed by atoms with Gasteiger partial charge < -0.3 is 14.6 Å². The lowest BCUT2D eigenvalue weighted by atomic mass is 9.95. The Labute approximate surface area is 176 Å². The fourth-order valence-electron chi connectivity index (χ4n) is 3.95. The number of aryl methyl sites for hydroxylation is 2. The summed E-state index contributed by atoms with van der Waals surface area (Å²) >= 11 is 0. The van der Waals surface area contributed by atoms with Gasteiger partial charge in [0.05, 0.1) is 5.69 Å². The molecule has 2 aromatic rings. The average molecular weight is 429 g/mol. The van der Waals surface area contributed by atoms with Gasteiger partial charge in [-0.05, 0) is 44.9 Å². The second kappa shape index (κ2) is 9.11. The van der Waals surface area contributed by atoms with Crippen LogP contribution in [-0.2, 0) is 13.0 Å². The van der Waals surface area contributed by atoms with Gasteiger partial charge in [0.15, 0.2) is 0 Å². The zero-order valence-electron chi connectivity index (χ0n) is 16.0. The number of carbonyl (C=O) groups excluding carboxylic acids is 1. The summed E-state index contributed by atoms with van der Waals surface area (Å²) in [5, 5.41) is 10.6. The Hall–Kier alpha value is -1.83. The number of aromatic amines is 1. The van der Waals surface area contributed by atoms with Crippen LogP contribution in [0.3, 0.4) is 0 Å². The van der Waals surface area contributed by atoms with Crippen LogP contribution in [-0.4, -0.2) is 40.6 Å². The van der Waals surface area contributed by atoms with Crippen molar-refractivity contribution in [3.05, 3.63) is 50.3 Å². The van der Waals surface area contributed by atoms with Crippen molar-refractivity contribution in [3.8, 4) is 0 Å². The van der Waals surface area contributed by atoms with Gasteiger partial charge in [0, 0.05) is 43.2 Å². The monoisotopic (exact) mass is 428 g/mol. The quantitative estimate of drug-likeness (QED) is 0.766. The van der Waals surface area contributed by atoms with E-state index < -0.39 is 5.63 Å². The predicted octanol–water partition coefficient (Wildman–Crippen LogP) is 2.49. The molecule has 7 nitrogen and oxygen atoms in total. The number of hydrogen-bond acceptors (Lipinski definition) is 5. The predicted molar refractivity (Wildman–Crippen MR) is 111 cm³/mol. The van der Waals surface area contributed by atoms with E-state index in [2.05, 4.69) is 15.5 Å². The number of amides is 1. The lowest BCUT2D eigenvalue weighted by molar-refractivity contribution is 0.0728. The number of carbonyl (C=O) groups is 1. The summed E-state index contributed by atoms with van der Waals surface area (Å²) in [6.07, 6.45) is 2.76. The molecule has 0 saturated carbocycles. The molecule has 1 fully saturated rings. The molecule has 2 aliphatic rings. The summed E-state index contributed by atoms with van der Waals surface area (Å²) in [5.41, 5.74) is 3.36. The van der Waals surface area contributed by atoms with Crippen LogP contribution in [0.1, 0.15) is 57.4 Å². The van der Waals surface area contributed by atoms with Gasteiger partial charge in [-0.2, -0.15) is 5.10 Å². The average Bonchev–Trinajstić information content (AvgIpc) is 3.02. The van der Waals surface area contributed by atoms with Crippen molar-refractivity contribution in [2.75, 3.05) is 19.6 Å². The van der Waals surface area contributed by atoms with Crippen molar-refractivity contribution in [2.45, 2.75) is 45.6 Å². The van der Waals surface area contributed by atoms with E-state index in [1.54, 1.807) is 4.90 Å². The molecule has 0 aromatic carbocycles. The first-order chi connectivity index (χ1) is 12.5. The molecule has 1 unspecified atom stereocenters. The number of aromatic nitrogens is 2. The maximum absolute atomic E-state index is 13.0. The number of nitrogens with zero attached hydrogens (tertiary/aromatic N) is 2. The number of nitrogens with one attached hydrogen (secondary N) is 2. The number of piperidine rings is 1. The normalized spacial score (nSPS) is 18.6. The van der Waals surface area contributed by atoms with E-state index in [1.165, 1.54) is 0 Å². The van der Waals surface area contributed by atoms with Gasteiger partial charge in [-0.15, -0.1) is 24.8 Å². The Bertz CT molecular complexity index is 903. The first-order valence-corrected chi connectivity index (χ1v) is 9.22. The summed E-state index contributed by atoms with van der Waals surface area (Å²) in [6.45, 7) is 6.62. The molecule has 0 radical (unpaired) electrons. The second-order valence-corrected chi connectivity index (χ2v) is 7.29. The van der Waals surface area contributed by atoms with Crippen LogP contribution in [0.5, 0.6) is 0 Å². The third-order valence-electron chi connectivity index (χ3n) is 5.50. The Balaban J connectivity index is 0.00000140. The number of H-pyrrole nitrogens is 1. The first-order valence-electron chi connectivity index (χ1n) is 9.22. The van der Waals surface area contributed by atoms with Gasteiger partial charge in [0.25, 0.3) is 5.91 Å². The largest absolute Gasteiger partial charge is 0.427 e. The standard InChI is InChI=1S/C19H24N4O3.2ClH/c1-11-8-16(13-4-3-6-20-9-13)26-19(25)17(11)18(24)23-7-5-15-14(10-23)12(2)21-22-15;;/h8,13,20H,3-7,9-10H2,1-2H3,(H,21,22);2*1H. The highest BCUT2D eigenvalue weighted by molar-refractivity contribution is 5.95. The van der Waals surface area contributed by atoms with Gasteiger partial charge in [-0.25, -0.2) is 4.79 Å². The Morgan fingerprint density at radius 1 is 1.32 bits per heavy atom. The molecule has 28 heavy (non-hydrogen) atoms. The van der Waals surface area contributed by atoms with Gasteiger partial charge in [-0.3, -0.25) is 9.89 Å². The number of hydrogen-bond donors (Lipinski definition) is 2. The molecule has 1 atom stereocenters. The molecule has 1 amide bonds. The topological polar surface area (TPSA) is 91.2 Å². The van der Waals surface area contributed by atoms with E-state index in [0.717, 1.165) is 42.9 Å². The molecule has 9 heteroatoms. The minimum absolute atomic E-state index is 0. The Morgan fingerprint density at radius 3 is 2.79 bits per heavy atom. The van der Waals surface area contributed by atoms with Gasteiger partial charge in [0.1, 0.15) is 11.3 Å². The third-order valence-corrected chi connectivity index (χ3v) is 5.50. The van der Waals surface area contributed by atoms with Crippen LogP contribution in [0.15, 0.2) is 15.3 Å². The van der Waals surface area contributed by atoms with Crippen LogP contribution in [0.4, 0.5) is 0 Å². The van der Waals surface area contributed by atoms with E-state index in [4.69, 9.17) is 4.42 Å². The summed E-state index contributed by atoms with van der Waals surface area (Å²) in [7, 11) is 0. The van der Waals surface area contributed by atoms with Crippen molar-refractivity contribution in [1.29, 1.82) is 0 Å². The summed E-state index contributed by atoms with van der Waals surface area (Å²) in [5.74, 6) is 0.629. The van der Waals surface area contributed by atoms with Crippen molar-refractivity contribution < 1.29 is 9.21 Å². The van der Waals surface area contributed by atoms with Crippen LogP contribution in [0.25, 0.3) is 0 Å². The highest BCUT2D eigenvalue weighted by Crippen LogP contribution is 2.25. The molecule has 4 rings (SSSR count). The van der Waals surface area contributed by atoms with E-state index in [0.29, 0.717) is 30.8 Å². The Morgan fingerprint density at radius 2 is 2.11 bits per heavy atom. The summed E-state index contributed by atoms with van der Waals surface area (Å²) < 4.78 is 5.56. The highest BCUT2D eigenvalue weighted by Gasteiger charge is 2.29. The molecule has 2 aromatic heterocycles. The smallest absolute Gasteiger partial charge is 0.349 e. The van der Waals surface area contributed by atoms with Crippen LogP contribution < -0.4 is 10.9 Å². The molecule has 2 aliphatic heterocycles. The third kappa shape index (κ3) is 4.11. The van der Waals surface area contributed by atoms with Gasteiger partial charge >= 0.3 is 5.63 Å². The fraction of sp³-hybridized carbons (Fsp3) is 0.526. The number of rotatable bonds is 2. The Kier molecular flexibility index (Phi) is 7.31. The number of fused-ring (bicyclic) bond motifs is 1. The van der Waals surface area contributed by atoms with Crippen LogP contribution >= 0.6 is 24.8 Å². The maximum atomic E-state index is 13.0. The molecular formula is C19H26Cl2N4O3. The zero-order valence-corrected chi connectivity index (χ0v) is 17.7. The van der Waals surface area contributed by atoms with Crippen molar-refractivity contribution >= 4 is 30.7 Å². The van der Waals surface area contributed by atoms with Crippen molar-refractivity contribution in [3.63, 3.8) is 0 Å². The van der Waals surface area contributed by atoms with E-state index >= 15 is 0 Å². The highest BCUT2D eigenvalue weighted by atomic mass is 35.5. The lowest BCUT2D eigenvalue weighted by Crippen LogP contribution is -2.39. The minimum atomic E-state index is -0.523. The SMILES string of the molecule is Cc1cc(C2CCCNC2)oc(=O)c1C(=O)N1CCc2n[nH]c(C)c2C1.Cl.Cl. The van der Waals surface area contributed by atoms with E-state index in [-0.39, 0.29) is 42.2 Å². The van der Waals surface area contributed by atoms with E-state index in [9.17, 15) is 9.59 Å². The molecule has 0 spiro atoms. The lowest BCUT2D eigenvalue weighted by Gasteiger charge is -2.27. The zero-order chi connectivity index (χ0) is 18.3. The molecule has 154 valence electrons.